The standard InChI is InChI=1S/C13H14N4O4/c14-12(18)11-7-3-1-2-5-9-16-17(13(15)19)21-20-10-6-4-8-11/h1-10H,(H2,14,18)(H2,15,19). The lowest BCUT2D eigenvalue weighted by Crippen LogP contribution is -2.20. The summed E-state index contributed by atoms with van der Waals surface area (Å²) in [5, 5.41) is 3.60. The second-order valence-electron chi connectivity index (χ2n) is 3.49. The van der Waals surface area contributed by atoms with E-state index in [1.165, 1.54) is 30.5 Å². The van der Waals surface area contributed by atoms with Crippen LogP contribution in [0, 0.1) is 0 Å². The summed E-state index contributed by atoms with van der Waals surface area (Å²) in [5.74, 6) is -0.573. The zero-order valence-corrected chi connectivity index (χ0v) is 11.0. The molecule has 1 heterocycles. The topological polar surface area (TPSA) is 130 Å². The largest absolute Gasteiger partial charge is 0.374 e. The normalized spacial score (nSPS) is 8.76. The summed E-state index contributed by atoms with van der Waals surface area (Å²) < 4.78 is 9.12. The van der Waals surface area contributed by atoms with E-state index in [-0.39, 0.29) is 0 Å². The van der Waals surface area contributed by atoms with Crippen LogP contribution in [0.25, 0.3) is 0 Å². The molecule has 0 aromatic carbocycles. The van der Waals surface area contributed by atoms with E-state index in [4.69, 9.17) is 11.5 Å². The molecule has 8 nitrogen and oxygen atoms in total. The third kappa shape index (κ3) is 6.43. The molecule has 110 valence electrons. The highest BCUT2D eigenvalue weighted by molar-refractivity contribution is 5.92. The van der Waals surface area contributed by atoms with Gasteiger partial charge in [0.25, 0.3) is 0 Å². The van der Waals surface area contributed by atoms with Gasteiger partial charge in [-0.1, -0.05) is 24.3 Å². The Morgan fingerprint density at radius 2 is 1.67 bits per heavy atom. The van der Waals surface area contributed by atoms with Crippen LogP contribution < -0.4 is 11.5 Å². The Balaban J connectivity index is 3.39. The summed E-state index contributed by atoms with van der Waals surface area (Å²) >= 11 is 0. The van der Waals surface area contributed by atoms with Crippen LogP contribution in [0.15, 0.2) is 70.2 Å². The van der Waals surface area contributed by atoms with E-state index in [2.05, 4.69) is 14.4 Å². The van der Waals surface area contributed by atoms with Crippen LogP contribution in [-0.2, 0) is 0 Å². The molecule has 4 N–H and O–H groups in total. The van der Waals surface area contributed by atoms with Gasteiger partial charge >= 0.3 is 6.03 Å². The molecule has 0 aliphatic heterocycles. The van der Waals surface area contributed by atoms with E-state index in [0.29, 0.717) is 10.4 Å². The molecule has 0 saturated heterocycles. The maximum Gasteiger partial charge on any atom is 0.374 e. The number of rotatable bonds is 1. The van der Waals surface area contributed by atoms with Crippen LogP contribution in [0.4, 0.5) is 4.79 Å². The Morgan fingerprint density at radius 3 is 2.33 bits per heavy atom. The molecule has 1 aromatic rings. The predicted octanol–water partition coefficient (Wildman–Crippen LogP) is 1.47. The maximum atomic E-state index is 11.2. The van der Waals surface area contributed by atoms with Gasteiger partial charge in [0, 0.05) is 10.4 Å². The molecular formula is C13H14N4O4. The van der Waals surface area contributed by atoms with Gasteiger partial charge in [0.2, 0.25) is 5.91 Å². The van der Waals surface area contributed by atoms with Gasteiger partial charge in [-0.3, -0.25) is 9.37 Å². The highest BCUT2D eigenvalue weighted by Crippen LogP contribution is 1.91. The van der Waals surface area contributed by atoms with Crippen molar-refractivity contribution in [1.29, 1.82) is 0 Å². The van der Waals surface area contributed by atoms with Crippen molar-refractivity contribution in [3.05, 3.63) is 66.6 Å². The molecule has 1 rings (SSSR count). The first-order valence-corrected chi connectivity index (χ1v) is 5.75. The fourth-order valence-corrected chi connectivity index (χ4v) is 1.07. The van der Waals surface area contributed by atoms with Gasteiger partial charge in [-0.2, -0.15) is 4.68 Å². The van der Waals surface area contributed by atoms with Crippen molar-refractivity contribution in [2.75, 3.05) is 0 Å². The first-order valence-electron chi connectivity index (χ1n) is 5.75. The molecule has 0 bridgehead atoms. The SMILES string of the molecule is NC(=O)c1ccccccnn(C(N)=O)oocccc1. The van der Waals surface area contributed by atoms with Crippen molar-refractivity contribution >= 4 is 11.9 Å². The Bertz CT molecular complexity index is 601. The zero-order chi connectivity index (χ0) is 15.5. The van der Waals surface area contributed by atoms with Crippen LogP contribution >= 0.6 is 0 Å². The average molecular weight is 290 g/mol. The number of hydrogen-bond acceptors (Lipinski definition) is 5. The minimum Gasteiger partial charge on any atom is -0.366 e. The van der Waals surface area contributed by atoms with Crippen molar-refractivity contribution in [2.45, 2.75) is 0 Å². The molecular weight excluding hydrogens is 276 g/mol. The highest BCUT2D eigenvalue weighted by atomic mass is 17.0. The molecule has 0 spiro atoms. The summed E-state index contributed by atoms with van der Waals surface area (Å²) in [5.41, 5.74) is 10.5. The van der Waals surface area contributed by atoms with Crippen molar-refractivity contribution in [1.82, 2.24) is 9.95 Å². The number of nitrogens with two attached hydrogens (primary N) is 2. The Hall–Kier alpha value is -3.29. The molecule has 0 fully saturated rings. The first kappa shape index (κ1) is 15.8. The van der Waals surface area contributed by atoms with Gasteiger partial charge in [0.1, 0.15) is 6.26 Å². The number of carbonyl (C=O) groups is 2. The minimum atomic E-state index is -0.957. The minimum absolute atomic E-state index is 0.299. The average Bonchev–Trinajstić information content (AvgIpc) is 2.44. The van der Waals surface area contributed by atoms with Gasteiger partial charge in [0.15, 0.2) is 0 Å². The van der Waals surface area contributed by atoms with Gasteiger partial charge in [-0.15, -0.1) is 5.10 Å². The lowest BCUT2D eigenvalue weighted by molar-refractivity contribution is -0.0496. The predicted molar refractivity (Wildman–Crippen MR) is 73.1 cm³/mol. The van der Waals surface area contributed by atoms with E-state index in [1.807, 2.05) is 0 Å². The number of hydrogen-bond donors (Lipinski definition) is 2. The third-order valence-corrected chi connectivity index (χ3v) is 1.97. The monoisotopic (exact) mass is 290 g/mol. The van der Waals surface area contributed by atoms with Gasteiger partial charge in [-0.25, -0.2) is 4.79 Å². The number of carbonyl (C=O) groups excluding carboxylic acids is 2. The smallest absolute Gasteiger partial charge is 0.366 e. The molecule has 0 unspecified atom stereocenters. The first-order chi connectivity index (χ1) is 10.1. The lowest BCUT2D eigenvalue weighted by Gasteiger charge is -1.88. The molecule has 1 aromatic heterocycles. The Morgan fingerprint density at radius 1 is 1.00 bits per heavy atom. The third-order valence-electron chi connectivity index (χ3n) is 1.97. The number of aromatic nitrogens is 2. The number of primary amides is 2. The van der Waals surface area contributed by atoms with E-state index in [0.717, 1.165) is 6.26 Å². The van der Waals surface area contributed by atoms with Crippen molar-refractivity contribution < 1.29 is 18.8 Å². The molecule has 0 atom stereocenters. The van der Waals surface area contributed by atoms with Gasteiger partial charge in [0.05, 0.1) is 6.20 Å². The Kier molecular flexibility index (Phi) is 6.57. The second kappa shape index (κ2) is 8.75. The van der Waals surface area contributed by atoms with E-state index >= 15 is 0 Å². The summed E-state index contributed by atoms with van der Waals surface area (Å²) in [7, 11) is 0. The molecule has 8 heteroatoms. The summed E-state index contributed by atoms with van der Waals surface area (Å²) in [4.78, 5) is 22.6. The summed E-state index contributed by atoms with van der Waals surface area (Å²) in [6, 6.07) is 11.4. The van der Waals surface area contributed by atoms with Crippen molar-refractivity contribution in [3.8, 4) is 0 Å². The maximum absolute atomic E-state index is 11.2. The fraction of sp³-hybridized carbons (Fsp3) is 0. The fourth-order valence-electron chi connectivity index (χ4n) is 1.07. The molecule has 2 amide bonds. The Labute approximate surface area is 119 Å². The van der Waals surface area contributed by atoms with Crippen molar-refractivity contribution in [3.63, 3.8) is 0 Å². The second-order valence-corrected chi connectivity index (χ2v) is 3.49. The van der Waals surface area contributed by atoms with Crippen LogP contribution in [-0.4, -0.2) is 21.9 Å². The highest BCUT2D eigenvalue weighted by Gasteiger charge is 1.94. The molecule has 0 radical (unpaired) electrons. The van der Waals surface area contributed by atoms with E-state index < -0.39 is 11.9 Å². The number of nitrogens with zero attached hydrogens (tertiary/aromatic N) is 2. The van der Waals surface area contributed by atoms with Gasteiger partial charge < -0.3 is 11.5 Å². The molecule has 0 aliphatic rings. The summed E-state index contributed by atoms with van der Waals surface area (Å²) in [6.07, 6.45) is 2.38. The van der Waals surface area contributed by atoms with Crippen LogP contribution in [0.2, 0.25) is 0 Å². The van der Waals surface area contributed by atoms with E-state index in [1.54, 1.807) is 24.3 Å². The quantitative estimate of drug-likeness (QED) is 0.756. The van der Waals surface area contributed by atoms with Gasteiger partial charge in [-0.05, 0) is 24.3 Å². The van der Waals surface area contributed by atoms with Crippen molar-refractivity contribution in [2.24, 2.45) is 11.5 Å². The van der Waals surface area contributed by atoms with Crippen LogP contribution in [0.1, 0.15) is 10.4 Å². The van der Waals surface area contributed by atoms with Crippen LogP contribution in [0.3, 0.4) is 0 Å². The molecule has 0 aliphatic carbocycles. The zero-order valence-electron chi connectivity index (χ0n) is 11.0. The number of amides is 2. The summed E-state index contributed by atoms with van der Waals surface area (Å²) in [6.45, 7) is 0. The van der Waals surface area contributed by atoms with Crippen LogP contribution in [0.5, 0.6) is 0 Å². The molecule has 0 saturated carbocycles. The van der Waals surface area contributed by atoms with E-state index in [9.17, 15) is 9.59 Å². The molecule has 21 heavy (non-hydrogen) atoms. The lowest BCUT2D eigenvalue weighted by atomic mass is 10.2.